The molecule has 0 fully saturated rings. The summed E-state index contributed by atoms with van der Waals surface area (Å²) in [5.41, 5.74) is 0.633. The minimum absolute atomic E-state index is 0.159. The van der Waals surface area contributed by atoms with Crippen molar-refractivity contribution in [1.82, 2.24) is 25.4 Å². The fraction of sp³-hybridized carbons (Fsp3) is 0.526. The third-order valence-corrected chi connectivity index (χ3v) is 4.69. The van der Waals surface area contributed by atoms with E-state index >= 15 is 0 Å². The summed E-state index contributed by atoms with van der Waals surface area (Å²) in [6.07, 6.45) is 5.29. The smallest absolute Gasteiger partial charge is 0.387 e. The Kier molecular flexibility index (Phi) is 7.16. The van der Waals surface area contributed by atoms with Gasteiger partial charge in [0.2, 0.25) is 0 Å². The molecule has 0 amide bonds. The molecule has 28 heavy (non-hydrogen) atoms. The first kappa shape index (κ1) is 20.0. The lowest BCUT2D eigenvalue weighted by Gasteiger charge is -2.14. The van der Waals surface area contributed by atoms with Gasteiger partial charge in [-0.3, -0.25) is 4.99 Å². The van der Waals surface area contributed by atoms with Gasteiger partial charge < -0.3 is 19.9 Å². The minimum Gasteiger partial charge on any atom is -0.434 e. The van der Waals surface area contributed by atoms with Gasteiger partial charge in [-0.2, -0.15) is 8.78 Å². The van der Waals surface area contributed by atoms with Crippen molar-refractivity contribution >= 4 is 5.96 Å². The van der Waals surface area contributed by atoms with Crippen LogP contribution < -0.4 is 15.4 Å². The highest BCUT2D eigenvalue weighted by Crippen LogP contribution is 2.20. The van der Waals surface area contributed by atoms with Gasteiger partial charge in [-0.1, -0.05) is 24.6 Å². The number of aliphatic imine (C=N–C) groups is 1. The molecule has 0 saturated carbocycles. The third kappa shape index (κ3) is 5.40. The number of para-hydroxylation sites is 1. The Hall–Kier alpha value is -2.71. The summed E-state index contributed by atoms with van der Waals surface area (Å²) < 4.78 is 31.8. The Labute approximate surface area is 163 Å². The molecule has 7 nitrogen and oxygen atoms in total. The van der Waals surface area contributed by atoms with Crippen LogP contribution >= 0.6 is 0 Å². The van der Waals surface area contributed by atoms with Crippen molar-refractivity contribution in [3.63, 3.8) is 0 Å². The number of benzene rings is 1. The summed E-state index contributed by atoms with van der Waals surface area (Å²) in [5.74, 6) is 2.80. The van der Waals surface area contributed by atoms with Gasteiger partial charge in [-0.05, 0) is 18.9 Å². The molecule has 0 spiro atoms. The lowest BCUT2D eigenvalue weighted by Crippen LogP contribution is -2.38. The van der Waals surface area contributed by atoms with Gasteiger partial charge in [0, 0.05) is 45.1 Å². The van der Waals surface area contributed by atoms with Gasteiger partial charge in [0.25, 0.3) is 0 Å². The average Bonchev–Trinajstić information content (AvgIpc) is 2.91. The van der Waals surface area contributed by atoms with E-state index in [4.69, 9.17) is 0 Å². The molecule has 0 unspecified atom stereocenters. The molecule has 0 radical (unpaired) electrons. The Morgan fingerprint density at radius 1 is 1.21 bits per heavy atom. The van der Waals surface area contributed by atoms with E-state index in [2.05, 4.69) is 35.1 Å². The monoisotopic (exact) mass is 392 g/mol. The first-order valence-electron chi connectivity index (χ1n) is 9.55. The number of aryl methyl sites for hydroxylation is 1. The number of guanidine groups is 1. The largest absolute Gasteiger partial charge is 0.434 e. The molecule has 0 saturated heterocycles. The van der Waals surface area contributed by atoms with Crippen LogP contribution in [-0.4, -0.2) is 40.9 Å². The van der Waals surface area contributed by atoms with Crippen LogP contribution in [0.25, 0.3) is 0 Å². The lowest BCUT2D eigenvalue weighted by molar-refractivity contribution is -0.0504. The fourth-order valence-corrected chi connectivity index (χ4v) is 3.28. The summed E-state index contributed by atoms with van der Waals surface area (Å²) in [7, 11) is 1.67. The van der Waals surface area contributed by atoms with Crippen LogP contribution in [0.15, 0.2) is 29.3 Å². The zero-order chi connectivity index (χ0) is 19.8. The van der Waals surface area contributed by atoms with Crippen molar-refractivity contribution < 1.29 is 13.5 Å². The molecule has 9 heteroatoms. The molecule has 3 rings (SSSR count). The number of hydrogen-bond donors (Lipinski definition) is 2. The zero-order valence-electron chi connectivity index (χ0n) is 16.0. The first-order valence-corrected chi connectivity index (χ1v) is 9.55. The highest BCUT2D eigenvalue weighted by molar-refractivity contribution is 5.79. The summed E-state index contributed by atoms with van der Waals surface area (Å²) >= 11 is 0. The maximum absolute atomic E-state index is 12.5. The number of ether oxygens (including phenoxy) is 1. The van der Waals surface area contributed by atoms with E-state index < -0.39 is 6.61 Å². The maximum Gasteiger partial charge on any atom is 0.387 e. The SMILES string of the molecule is CN=C(NCCc1nnc2n1CCCCC2)NCc1ccccc1OC(F)F. The van der Waals surface area contributed by atoms with Crippen molar-refractivity contribution in [2.45, 2.75) is 51.8 Å². The lowest BCUT2D eigenvalue weighted by atomic mass is 10.2. The topological polar surface area (TPSA) is 76.4 Å². The second-order valence-corrected chi connectivity index (χ2v) is 6.58. The number of hydrogen-bond acceptors (Lipinski definition) is 4. The van der Waals surface area contributed by atoms with E-state index in [1.54, 1.807) is 25.2 Å². The van der Waals surface area contributed by atoms with Gasteiger partial charge in [-0.25, -0.2) is 0 Å². The number of nitrogens with one attached hydrogen (secondary N) is 2. The van der Waals surface area contributed by atoms with Crippen molar-refractivity contribution in [2.75, 3.05) is 13.6 Å². The highest BCUT2D eigenvalue weighted by Gasteiger charge is 2.14. The van der Waals surface area contributed by atoms with Crippen molar-refractivity contribution in [1.29, 1.82) is 0 Å². The van der Waals surface area contributed by atoms with E-state index in [0.717, 1.165) is 37.5 Å². The highest BCUT2D eigenvalue weighted by atomic mass is 19.3. The number of nitrogens with zero attached hydrogens (tertiary/aromatic N) is 4. The van der Waals surface area contributed by atoms with Crippen LogP contribution in [0, 0.1) is 0 Å². The van der Waals surface area contributed by atoms with Gasteiger partial charge in [-0.15, -0.1) is 10.2 Å². The summed E-state index contributed by atoms with van der Waals surface area (Å²) in [5, 5.41) is 15.0. The number of aromatic nitrogens is 3. The Morgan fingerprint density at radius 2 is 2.07 bits per heavy atom. The van der Waals surface area contributed by atoms with E-state index in [0.29, 0.717) is 24.6 Å². The quantitative estimate of drug-likeness (QED) is 0.559. The van der Waals surface area contributed by atoms with Crippen molar-refractivity contribution in [2.24, 2.45) is 4.99 Å². The van der Waals surface area contributed by atoms with E-state index in [1.165, 1.54) is 18.9 Å². The summed E-state index contributed by atoms with van der Waals surface area (Å²) in [6, 6.07) is 6.71. The fourth-order valence-electron chi connectivity index (χ4n) is 3.28. The molecule has 2 heterocycles. The maximum atomic E-state index is 12.5. The third-order valence-electron chi connectivity index (χ3n) is 4.69. The van der Waals surface area contributed by atoms with E-state index in [1.807, 2.05) is 0 Å². The molecule has 152 valence electrons. The molecule has 1 aromatic carbocycles. The van der Waals surface area contributed by atoms with Crippen LogP contribution in [0.2, 0.25) is 0 Å². The van der Waals surface area contributed by atoms with Gasteiger partial charge in [0.1, 0.15) is 17.4 Å². The molecule has 2 N–H and O–H groups in total. The van der Waals surface area contributed by atoms with Crippen molar-refractivity contribution in [3.05, 3.63) is 41.5 Å². The molecule has 1 aromatic heterocycles. The van der Waals surface area contributed by atoms with E-state index in [-0.39, 0.29) is 5.75 Å². The molecular weight excluding hydrogens is 366 g/mol. The Bertz CT molecular complexity index is 792. The standard InChI is InChI=1S/C19H26F2N6O/c1-22-19(24-13-14-7-4-5-8-15(14)28-18(20)21)23-11-10-17-26-25-16-9-3-2-6-12-27(16)17/h4-5,7-8,18H,2-3,6,9-13H2,1H3,(H2,22,23,24). The molecule has 0 atom stereocenters. The van der Waals surface area contributed by atoms with Gasteiger partial charge >= 0.3 is 6.61 Å². The van der Waals surface area contributed by atoms with E-state index in [9.17, 15) is 8.78 Å². The second-order valence-electron chi connectivity index (χ2n) is 6.58. The average molecular weight is 392 g/mol. The first-order chi connectivity index (χ1) is 13.7. The number of halogens is 2. The number of alkyl halides is 2. The van der Waals surface area contributed by atoms with Crippen LogP contribution in [0.1, 0.15) is 36.5 Å². The zero-order valence-corrected chi connectivity index (χ0v) is 16.0. The van der Waals surface area contributed by atoms with Crippen LogP contribution in [0.5, 0.6) is 5.75 Å². The molecule has 0 aliphatic carbocycles. The van der Waals surface area contributed by atoms with Gasteiger partial charge in [0.15, 0.2) is 5.96 Å². The van der Waals surface area contributed by atoms with Gasteiger partial charge in [0.05, 0.1) is 0 Å². The van der Waals surface area contributed by atoms with Crippen LogP contribution in [0.3, 0.4) is 0 Å². The molecule has 0 bridgehead atoms. The normalized spacial score (nSPS) is 14.5. The molecular formula is C19H26F2N6O. The number of fused-ring (bicyclic) bond motifs is 1. The predicted molar refractivity (Wildman–Crippen MR) is 103 cm³/mol. The summed E-state index contributed by atoms with van der Waals surface area (Å²) in [6.45, 7) is -0.904. The van der Waals surface area contributed by atoms with Crippen molar-refractivity contribution in [3.8, 4) is 5.75 Å². The van der Waals surface area contributed by atoms with Crippen LogP contribution in [-0.2, 0) is 25.9 Å². The number of rotatable bonds is 7. The second kappa shape index (κ2) is 10.0. The molecule has 1 aliphatic rings. The Balaban J connectivity index is 1.50. The Morgan fingerprint density at radius 3 is 2.89 bits per heavy atom. The molecule has 1 aliphatic heterocycles. The van der Waals surface area contributed by atoms with Crippen LogP contribution in [0.4, 0.5) is 8.78 Å². The minimum atomic E-state index is -2.85. The molecule has 2 aromatic rings. The predicted octanol–water partition coefficient (Wildman–Crippen LogP) is 2.51. The summed E-state index contributed by atoms with van der Waals surface area (Å²) in [4.78, 5) is 4.18.